The molecule has 2 amide bonds. The molecule has 0 radical (unpaired) electrons. The van der Waals surface area contributed by atoms with Gasteiger partial charge in [-0.25, -0.2) is 4.39 Å². The van der Waals surface area contributed by atoms with E-state index in [0.29, 0.717) is 18.8 Å². The lowest BCUT2D eigenvalue weighted by Crippen LogP contribution is -2.45. The van der Waals surface area contributed by atoms with Gasteiger partial charge in [-0.15, -0.1) is 0 Å². The standard InChI is InChI=1S/C28H36FN3O3/c1-28(2,3)27(34)32-16-12-20-8-11-23(18-24(20)26(32)21-6-9-22(29)10-7-21)35-19-25(33)30-13-17-31-14-4-5-15-31/h6-11,18,26H,4-5,12-17,19H2,1-3H3,(H,30,33). The van der Waals surface area contributed by atoms with Crippen LogP contribution < -0.4 is 10.1 Å². The maximum absolute atomic E-state index is 13.7. The number of hydrogen-bond donors (Lipinski definition) is 1. The van der Waals surface area contributed by atoms with Gasteiger partial charge >= 0.3 is 0 Å². The largest absolute Gasteiger partial charge is 0.484 e. The van der Waals surface area contributed by atoms with Gasteiger partial charge in [0.25, 0.3) is 5.91 Å². The lowest BCUT2D eigenvalue weighted by atomic mass is 9.85. The number of benzene rings is 2. The van der Waals surface area contributed by atoms with Crippen LogP contribution in [0, 0.1) is 11.2 Å². The van der Waals surface area contributed by atoms with E-state index in [1.54, 1.807) is 12.1 Å². The van der Waals surface area contributed by atoms with E-state index >= 15 is 0 Å². The molecular weight excluding hydrogens is 445 g/mol. The summed E-state index contributed by atoms with van der Waals surface area (Å²) in [6.45, 7) is 9.94. The first-order valence-corrected chi connectivity index (χ1v) is 12.5. The van der Waals surface area contributed by atoms with Crippen molar-refractivity contribution in [3.63, 3.8) is 0 Å². The maximum atomic E-state index is 13.7. The quantitative estimate of drug-likeness (QED) is 0.651. The molecule has 188 valence electrons. The third-order valence-corrected chi connectivity index (χ3v) is 6.75. The molecule has 1 fully saturated rings. The summed E-state index contributed by atoms with van der Waals surface area (Å²) in [7, 11) is 0. The summed E-state index contributed by atoms with van der Waals surface area (Å²) in [6.07, 6.45) is 3.19. The minimum Gasteiger partial charge on any atom is -0.484 e. The van der Waals surface area contributed by atoms with Gasteiger partial charge in [-0.3, -0.25) is 9.59 Å². The van der Waals surface area contributed by atoms with E-state index in [4.69, 9.17) is 4.74 Å². The average Bonchev–Trinajstić information content (AvgIpc) is 3.35. The van der Waals surface area contributed by atoms with Crippen LogP contribution in [0.2, 0.25) is 0 Å². The Labute approximate surface area is 207 Å². The van der Waals surface area contributed by atoms with Crippen LogP contribution in [0.1, 0.15) is 56.3 Å². The van der Waals surface area contributed by atoms with E-state index in [9.17, 15) is 14.0 Å². The molecule has 1 unspecified atom stereocenters. The van der Waals surface area contributed by atoms with Crippen molar-refractivity contribution in [1.29, 1.82) is 0 Å². The Balaban J connectivity index is 1.49. The highest BCUT2D eigenvalue weighted by Gasteiger charge is 2.37. The number of ether oxygens (including phenoxy) is 1. The van der Waals surface area contributed by atoms with Crippen LogP contribution in [0.5, 0.6) is 5.75 Å². The number of nitrogens with one attached hydrogen (secondary N) is 1. The minimum atomic E-state index is -0.545. The first-order valence-electron chi connectivity index (χ1n) is 12.5. The SMILES string of the molecule is CC(C)(C)C(=O)N1CCc2ccc(OCC(=O)NCCN3CCCC3)cc2C1c1ccc(F)cc1. The molecule has 2 heterocycles. The van der Waals surface area contributed by atoms with E-state index in [0.717, 1.165) is 42.7 Å². The van der Waals surface area contributed by atoms with Crippen LogP contribution in [0.15, 0.2) is 42.5 Å². The molecular formula is C28H36FN3O3. The molecule has 2 aliphatic heterocycles. The molecule has 2 aromatic carbocycles. The minimum absolute atomic E-state index is 0.0428. The molecule has 1 N–H and O–H groups in total. The van der Waals surface area contributed by atoms with Crippen LogP contribution >= 0.6 is 0 Å². The predicted molar refractivity (Wildman–Crippen MR) is 134 cm³/mol. The van der Waals surface area contributed by atoms with Crippen molar-refractivity contribution in [3.8, 4) is 5.75 Å². The second-order valence-corrected chi connectivity index (χ2v) is 10.5. The molecule has 0 saturated carbocycles. The number of likely N-dealkylation sites (tertiary alicyclic amines) is 1. The van der Waals surface area contributed by atoms with Crippen LogP contribution in [-0.4, -0.2) is 60.9 Å². The van der Waals surface area contributed by atoms with Crippen molar-refractivity contribution in [3.05, 3.63) is 65.0 Å². The fraction of sp³-hybridized carbons (Fsp3) is 0.500. The number of fused-ring (bicyclic) bond motifs is 1. The number of rotatable bonds is 7. The molecule has 1 saturated heterocycles. The number of nitrogens with zero attached hydrogens (tertiary/aromatic N) is 2. The normalized spacial score (nSPS) is 18.3. The van der Waals surface area contributed by atoms with Crippen LogP contribution in [0.25, 0.3) is 0 Å². The Kier molecular flexibility index (Phi) is 7.75. The molecule has 0 bridgehead atoms. The highest BCUT2D eigenvalue weighted by molar-refractivity contribution is 5.83. The van der Waals surface area contributed by atoms with Gasteiger partial charge in [0.2, 0.25) is 5.91 Å². The Morgan fingerprint density at radius 1 is 1.06 bits per heavy atom. The molecule has 7 heteroatoms. The number of amides is 2. The van der Waals surface area contributed by atoms with Gasteiger partial charge in [0.1, 0.15) is 11.6 Å². The van der Waals surface area contributed by atoms with Crippen LogP contribution in [0.3, 0.4) is 0 Å². The highest BCUT2D eigenvalue weighted by Crippen LogP contribution is 2.39. The summed E-state index contributed by atoms with van der Waals surface area (Å²) in [4.78, 5) is 29.9. The first kappa shape index (κ1) is 25.2. The lowest BCUT2D eigenvalue weighted by molar-refractivity contribution is -0.141. The summed E-state index contributed by atoms with van der Waals surface area (Å²) in [5.74, 6) is 0.157. The number of hydrogen-bond acceptors (Lipinski definition) is 4. The fourth-order valence-corrected chi connectivity index (χ4v) is 4.90. The van der Waals surface area contributed by atoms with Crippen molar-refractivity contribution < 1.29 is 18.7 Å². The number of carbonyl (C=O) groups is 2. The highest BCUT2D eigenvalue weighted by atomic mass is 19.1. The van der Waals surface area contributed by atoms with E-state index in [2.05, 4.69) is 10.2 Å². The summed E-state index contributed by atoms with van der Waals surface area (Å²) in [6, 6.07) is 11.8. The Morgan fingerprint density at radius 2 is 1.77 bits per heavy atom. The molecule has 6 nitrogen and oxygen atoms in total. The maximum Gasteiger partial charge on any atom is 0.257 e. The van der Waals surface area contributed by atoms with Gasteiger partial charge in [-0.05, 0) is 73.3 Å². The van der Waals surface area contributed by atoms with E-state index in [1.807, 2.05) is 43.9 Å². The Hall–Kier alpha value is -2.93. The van der Waals surface area contributed by atoms with Gasteiger partial charge in [0.15, 0.2) is 6.61 Å². The molecule has 2 aromatic rings. The van der Waals surface area contributed by atoms with Gasteiger partial charge in [-0.2, -0.15) is 0 Å². The van der Waals surface area contributed by atoms with Crippen LogP contribution in [-0.2, 0) is 16.0 Å². The zero-order chi connectivity index (χ0) is 25.0. The smallest absolute Gasteiger partial charge is 0.257 e. The third kappa shape index (κ3) is 6.20. The molecule has 0 spiro atoms. The Morgan fingerprint density at radius 3 is 2.46 bits per heavy atom. The van der Waals surface area contributed by atoms with Crippen molar-refractivity contribution in [2.75, 3.05) is 39.3 Å². The van der Waals surface area contributed by atoms with E-state index in [1.165, 1.54) is 25.0 Å². The molecule has 1 atom stereocenters. The molecule has 0 aromatic heterocycles. The zero-order valence-electron chi connectivity index (χ0n) is 21.0. The monoisotopic (exact) mass is 481 g/mol. The van der Waals surface area contributed by atoms with Crippen LogP contribution in [0.4, 0.5) is 4.39 Å². The summed E-state index contributed by atoms with van der Waals surface area (Å²) in [5, 5.41) is 2.93. The van der Waals surface area contributed by atoms with E-state index in [-0.39, 0.29) is 30.3 Å². The topological polar surface area (TPSA) is 61.9 Å². The number of halogens is 1. The summed E-state index contributed by atoms with van der Waals surface area (Å²) >= 11 is 0. The second-order valence-electron chi connectivity index (χ2n) is 10.5. The van der Waals surface area contributed by atoms with Gasteiger partial charge in [0.05, 0.1) is 6.04 Å². The van der Waals surface area contributed by atoms with Gasteiger partial charge < -0.3 is 19.9 Å². The van der Waals surface area contributed by atoms with Crippen molar-refractivity contribution in [1.82, 2.24) is 15.1 Å². The van der Waals surface area contributed by atoms with Crippen molar-refractivity contribution >= 4 is 11.8 Å². The fourth-order valence-electron chi connectivity index (χ4n) is 4.90. The number of carbonyl (C=O) groups excluding carboxylic acids is 2. The molecule has 4 rings (SSSR count). The molecule has 0 aliphatic carbocycles. The summed E-state index contributed by atoms with van der Waals surface area (Å²) < 4.78 is 19.5. The molecule has 2 aliphatic rings. The first-order chi connectivity index (χ1) is 16.7. The lowest BCUT2D eigenvalue weighted by Gasteiger charge is -2.41. The van der Waals surface area contributed by atoms with Gasteiger partial charge in [-0.1, -0.05) is 39.0 Å². The predicted octanol–water partition coefficient (Wildman–Crippen LogP) is 3.94. The van der Waals surface area contributed by atoms with Crippen molar-refractivity contribution in [2.45, 2.75) is 46.1 Å². The zero-order valence-corrected chi connectivity index (χ0v) is 21.0. The second kappa shape index (κ2) is 10.8. The third-order valence-electron chi connectivity index (χ3n) is 6.75. The van der Waals surface area contributed by atoms with Gasteiger partial charge in [0, 0.05) is 25.0 Å². The average molecular weight is 482 g/mol. The Bertz CT molecular complexity index is 1040. The molecule has 35 heavy (non-hydrogen) atoms. The summed E-state index contributed by atoms with van der Waals surface area (Å²) in [5.41, 5.74) is 2.38. The van der Waals surface area contributed by atoms with Crippen molar-refractivity contribution in [2.24, 2.45) is 5.41 Å². The van der Waals surface area contributed by atoms with E-state index < -0.39 is 5.41 Å².